The maximum Gasteiger partial charge on any atom is 0.320 e. The molecule has 0 atom stereocenters. The highest BCUT2D eigenvalue weighted by molar-refractivity contribution is 6.21. The van der Waals surface area contributed by atoms with Crippen molar-refractivity contribution in [1.29, 1.82) is 0 Å². The van der Waals surface area contributed by atoms with Crippen LogP contribution in [0.5, 0.6) is 70.0 Å². The van der Waals surface area contributed by atoms with E-state index in [1.165, 1.54) is 53.9 Å². The van der Waals surface area contributed by atoms with Gasteiger partial charge in [-0.3, -0.25) is 0 Å². The number of ether oxygens (including phenoxy) is 4. The number of aromatic hydroxyl groups is 8. The van der Waals surface area contributed by atoms with Gasteiger partial charge in [-0.2, -0.15) is 39.9 Å². The van der Waals surface area contributed by atoms with Crippen LogP contribution in [0.2, 0.25) is 0 Å². The molecule has 0 aliphatic carbocycles. The average Bonchev–Trinajstić information content (AvgIpc) is 1.14. The Balaban J connectivity index is 0.000000126. The van der Waals surface area contributed by atoms with Crippen LogP contribution in [-0.2, 0) is 0 Å². The van der Waals surface area contributed by atoms with E-state index in [-0.39, 0.29) is 116 Å². The molecule has 4 aromatic heterocycles. The molecule has 0 unspecified atom stereocenters. The first kappa shape index (κ1) is 97.0. The van der Waals surface area contributed by atoms with E-state index in [1.807, 2.05) is 121 Å². The zero-order valence-electron chi connectivity index (χ0n) is 80.6. The minimum Gasteiger partial charge on any atom is -0.507 e. The predicted octanol–water partition coefficient (Wildman–Crippen LogP) is 28.7. The summed E-state index contributed by atoms with van der Waals surface area (Å²) in [5, 5.41) is 104. The van der Waals surface area contributed by atoms with Crippen molar-refractivity contribution in [2.24, 2.45) is 0 Å². The molecule has 4 heterocycles. The van der Waals surface area contributed by atoms with Gasteiger partial charge in [-0.15, -0.1) is 0 Å². The normalized spacial score (nSPS) is 11.3. The number of hydrogen-bond acceptors (Lipinski definition) is 24. The zero-order valence-corrected chi connectivity index (χ0v) is 80.6. The lowest BCUT2D eigenvalue weighted by atomic mass is 9.93. The number of fused-ring (bicyclic) bond motifs is 12. The molecule has 24 nitrogen and oxygen atoms in total. The molecule has 21 aromatic rings. The first-order chi connectivity index (χ1) is 70.6. The van der Waals surface area contributed by atoms with Crippen LogP contribution < -0.4 is 18.9 Å². The lowest BCUT2D eigenvalue weighted by molar-refractivity contribution is 0.281. The van der Waals surface area contributed by atoms with Crippen molar-refractivity contribution in [3.8, 4) is 161 Å². The van der Waals surface area contributed by atoms with E-state index in [0.717, 1.165) is 217 Å². The molecule has 0 saturated carbocycles. The number of hydrogen-bond donors (Lipinski definition) is 8. The first-order valence-corrected chi connectivity index (χ1v) is 49.3. The SMILES string of the molecule is CCCCCCOc1nc(-c2c(O)cccc2O)nc(-c2c3ccccc3cc3ccccc23)n1.CCCCCCOc1nc(-c2c(O)cccc2O)nc(-c2cc3c4ccccc4ccc3c3ccccc23)n1.CCCCCCOc1nc(-c2c(O)cccc2O)nc(-c2cc3ccccc3c3ccccc23)n1.CCCCCCOc1nc(-c2ccc3cc4ccccc4cc3c2)nc(-c2c(O)cccc2O)n1. The number of benzene rings is 17. The molecule has 8 N–H and O–H groups in total. The second-order valence-corrected chi connectivity index (χ2v) is 35.4. The lowest BCUT2D eigenvalue weighted by Gasteiger charge is -2.14. The van der Waals surface area contributed by atoms with Gasteiger partial charge in [0.2, 0.25) is 0 Å². The van der Waals surface area contributed by atoms with Crippen LogP contribution >= 0.6 is 0 Å². The number of phenols is 8. The number of unbranched alkanes of at least 4 members (excludes halogenated alkanes) is 12. The van der Waals surface area contributed by atoms with Crippen LogP contribution in [0.4, 0.5) is 0 Å². The second-order valence-electron chi connectivity index (χ2n) is 35.4. The molecule has 144 heavy (non-hydrogen) atoms. The van der Waals surface area contributed by atoms with E-state index in [9.17, 15) is 40.9 Å². The monoisotopic (exact) mass is 1910 g/mol. The number of rotatable bonds is 32. The summed E-state index contributed by atoms with van der Waals surface area (Å²) in [6.45, 7) is 10.6. The van der Waals surface area contributed by atoms with E-state index in [0.29, 0.717) is 49.7 Å². The Bertz CT molecular complexity index is 8060. The fourth-order valence-electron chi connectivity index (χ4n) is 18.0. The fraction of sp³-hybridized carbons (Fsp3) is 0.200. The maximum atomic E-state index is 10.6. The van der Waals surface area contributed by atoms with Crippen LogP contribution in [0.25, 0.3) is 188 Å². The minimum atomic E-state index is -0.115. The molecule has 0 saturated heterocycles. The summed E-state index contributed by atoms with van der Waals surface area (Å²) < 4.78 is 23.8. The van der Waals surface area contributed by atoms with Crippen molar-refractivity contribution in [3.63, 3.8) is 0 Å². The van der Waals surface area contributed by atoms with Crippen molar-refractivity contribution in [3.05, 3.63) is 303 Å². The topological polar surface area (TPSA) is 353 Å². The van der Waals surface area contributed by atoms with Crippen LogP contribution in [0.15, 0.2) is 303 Å². The summed E-state index contributed by atoms with van der Waals surface area (Å²) in [4.78, 5) is 55.3. The van der Waals surface area contributed by atoms with Gasteiger partial charge >= 0.3 is 24.0 Å². The molecule has 17 aromatic carbocycles. The second kappa shape index (κ2) is 45.8. The highest BCUT2D eigenvalue weighted by Gasteiger charge is 2.27. The Morgan fingerprint density at radius 2 is 0.438 bits per heavy atom. The molecule has 0 fully saturated rings. The predicted molar refractivity (Wildman–Crippen MR) is 572 cm³/mol. The van der Waals surface area contributed by atoms with Gasteiger partial charge < -0.3 is 59.8 Å². The van der Waals surface area contributed by atoms with Gasteiger partial charge in [0.25, 0.3) is 0 Å². The van der Waals surface area contributed by atoms with E-state index in [4.69, 9.17) is 38.9 Å². The van der Waals surface area contributed by atoms with Crippen LogP contribution in [0.1, 0.15) is 130 Å². The Hall–Kier alpha value is -17.3. The lowest BCUT2D eigenvalue weighted by Crippen LogP contribution is -2.06. The van der Waals surface area contributed by atoms with Crippen LogP contribution in [0.3, 0.4) is 0 Å². The molecule has 0 aliphatic heterocycles. The van der Waals surface area contributed by atoms with Gasteiger partial charge in [-0.25, -0.2) is 19.9 Å². The Labute approximate surface area is 832 Å². The van der Waals surface area contributed by atoms with Crippen molar-refractivity contribution in [2.75, 3.05) is 26.4 Å². The molecular weight excluding hydrogens is 1800 g/mol. The van der Waals surface area contributed by atoms with Crippen molar-refractivity contribution >= 4 is 97.0 Å². The number of aromatic nitrogens is 12. The summed E-state index contributed by atoms with van der Waals surface area (Å²) in [7, 11) is 0. The van der Waals surface area contributed by atoms with E-state index in [2.05, 4.69) is 177 Å². The summed E-state index contributed by atoms with van der Waals surface area (Å²) in [5.41, 5.74) is 3.90. The van der Waals surface area contributed by atoms with Crippen molar-refractivity contribution in [2.45, 2.75) is 130 Å². The third-order valence-electron chi connectivity index (χ3n) is 25.3. The van der Waals surface area contributed by atoms with Gasteiger partial charge in [-0.1, -0.05) is 323 Å². The first-order valence-electron chi connectivity index (χ1n) is 49.3. The smallest absolute Gasteiger partial charge is 0.320 e. The maximum absolute atomic E-state index is 10.6. The third kappa shape index (κ3) is 22.1. The molecule has 0 radical (unpaired) electrons. The van der Waals surface area contributed by atoms with Crippen LogP contribution in [0, 0.1) is 0 Å². The standard InChI is InChI=1S/C33H29N3O3.3C29H27N3O3/c1-2-3-4-9-19-39-33-35-31(34-32(36-33)30-28(37)15-10-16-29(30)38)27-20-26-22-12-6-5-11-21(22)17-18-25(26)23-13-7-8-14-24(23)27;1-2-3-4-9-17-35-29-31-27(30-28(32-29)26-23(33)15-10-16-24(26)34)25-21-13-7-5-11-19(21)18-20-12-6-8-14-22(20)25;1-2-3-4-9-17-35-29-31-27(30-28(32-29)26-24(33)15-10-16-25(26)34)23-18-19-11-5-6-12-20(19)21-13-7-8-14-22(21)23;1-2-3-4-7-15-35-29-31-27(30-28(32-29)26-24(33)11-8-12-25(26)34)22-14-13-21-16-19-9-5-6-10-20(19)17-23(21)18-22/h5-8,10-18,20,37-38H,2-4,9,19H2,1H3;2*5-8,10-16,18,33-34H,2-4,9,17H2,1H3;5-6,8-14,16-18,33-34H,2-4,7,15H2,1H3. The quantitative estimate of drug-likeness (QED) is 0.0110. The molecule has 0 aliphatic rings. The molecule has 0 bridgehead atoms. The largest absolute Gasteiger partial charge is 0.507 e. The molecule has 21 rings (SSSR count). The number of phenolic OH excluding ortho intramolecular Hbond substituents is 8. The number of nitrogens with zero attached hydrogens (tertiary/aromatic N) is 12. The van der Waals surface area contributed by atoms with Crippen molar-refractivity contribution < 1.29 is 59.8 Å². The van der Waals surface area contributed by atoms with E-state index >= 15 is 0 Å². The van der Waals surface area contributed by atoms with Crippen molar-refractivity contribution in [1.82, 2.24) is 59.8 Å². The minimum absolute atomic E-state index is 0.110. The molecule has 24 heteroatoms. The molecular formula is C120H110N12O12. The molecule has 722 valence electrons. The highest BCUT2D eigenvalue weighted by atomic mass is 16.5. The Morgan fingerprint density at radius 3 is 0.833 bits per heavy atom. The third-order valence-corrected chi connectivity index (χ3v) is 25.3. The van der Waals surface area contributed by atoms with Gasteiger partial charge in [0.05, 0.1) is 26.4 Å². The fourth-order valence-corrected chi connectivity index (χ4v) is 18.0. The van der Waals surface area contributed by atoms with Gasteiger partial charge in [0.1, 0.15) is 68.2 Å². The average molecular weight is 1910 g/mol. The van der Waals surface area contributed by atoms with Gasteiger partial charge in [-0.05, 0) is 208 Å². The molecule has 0 spiro atoms. The molecule has 0 amide bonds. The van der Waals surface area contributed by atoms with Gasteiger partial charge in [0.15, 0.2) is 46.6 Å². The summed E-state index contributed by atoms with van der Waals surface area (Å²) in [6, 6.07) is 97.2. The Morgan fingerprint density at radius 1 is 0.174 bits per heavy atom. The summed E-state index contributed by atoms with van der Waals surface area (Å²) in [5.74, 6) is 1.40. The Kier molecular flexibility index (Phi) is 30.8. The zero-order chi connectivity index (χ0) is 99.4. The van der Waals surface area contributed by atoms with Gasteiger partial charge in [0, 0.05) is 22.3 Å². The van der Waals surface area contributed by atoms with E-state index in [1.54, 1.807) is 24.3 Å². The van der Waals surface area contributed by atoms with E-state index < -0.39 is 0 Å². The highest BCUT2D eigenvalue weighted by Crippen LogP contribution is 2.46. The van der Waals surface area contributed by atoms with Crippen LogP contribution in [-0.4, -0.2) is 127 Å². The summed E-state index contributed by atoms with van der Waals surface area (Å²) in [6.07, 6.45) is 17.0. The summed E-state index contributed by atoms with van der Waals surface area (Å²) >= 11 is 0.